The Hall–Kier alpha value is -1.91. The third-order valence-electron chi connectivity index (χ3n) is 3.44. The molecule has 1 rings (SSSR count). The lowest BCUT2D eigenvalue weighted by Gasteiger charge is -2.28. The zero-order valence-electron chi connectivity index (χ0n) is 12.7. The number of nitrogens with zero attached hydrogens (tertiary/aromatic N) is 2. The average Bonchev–Trinajstić information content (AvgIpc) is 2.36. The van der Waals surface area contributed by atoms with Gasteiger partial charge >= 0.3 is 0 Å². The fraction of sp³-hybridized carbons (Fsp3) is 0.533. The largest absolute Gasteiger partial charge is 0.372 e. The van der Waals surface area contributed by atoms with Gasteiger partial charge in [0.1, 0.15) is 0 Å². The van der Waals surface area contributed by atoms with Crippen LogP contribution in [-0.4, -0.2) is 23.8 Å². The van der Waals surface area contributed by atoms with E-state index >= 15 is 0 Å². The zero-order chi connectivity index (χ0) is 15.4. The molecule has 0 spiro atoms. The molecule has 110 valence electrons. The first kappa shape index (κ1) is 16.1. The molecular formula is C15H22N2O3. The van der Waals surface area contributed by atoms with Gasteiger partial charge in [-0.15, -0.1) is 0 Å². The van der Waals surface area contributed by atoms with E-state index in [9.17, 15) is 14.9 Å². The molecule has 1 unspecified atom stereocenters. The van der Waals surface area contributed by atoms with Crippen LogP contribution < -0.4 is 4.90 Å². The van der Waals surface area contributed by atoms with Crippen molar-refractivity contribution in [2.45, 2.75) is 40.2 Å². The van der Waals surface area contributed by atoms with Gasteiger partial charge in [0.05, 0.1) is 10.5 Å². The Balaban J connectivity index is 3.11. The Morgan fingerprint density at radius 3 is 2.40 bits per heavy atom. The molecule has 0 aliphatic heterocycles. The number of nitro groups is 1. The number of carbonyl (C=O) groups is 1. The summed E-state index contributed by atoms with van der Waals surface area (Å²) >= 11 is 0. The molecule has 0 N–H and O–H groups in total. The fourth-order valence-electron chi connectivity index (χ4n) is 2.28. The van der Waals surface area contributed by atoms with Crippen LogP contribution in [0, 0.1) is 16.0 Å². The molecule has 0 saturated carbocycles. The van der Waals surface area contributed by atoms with Gasteiger partial charge < -0.3 is 4.90 Å². The quantitative estimate of drug-likeness (QED) is 0.452. The monoisotopic (exact) mass is 278 g/mol. The van der Waals surface area contributed by atoms with Crippen LogP contribution in [-0.2, 0) is 0 Å². The summed E-state index contributed by atoms with van der Waals surface area (Å²) in [7, 11) is 1.92. The summed E-state index contributed by atoms with van der Waals surface area (Å²) in [6, 6.07) is 5.06. The number of Topliss-reactive ketones (excluding diaryl/α,β-unsaturated/α-hetero) is 1. The Morgan fingerprint density at radius 2 is 1.95 bits per heavy atom. The third-order valence-corrected chi connectivity index (χ3v) is 3.44. The lowest BCUT2D eigenvalue weighted by atomic mass is 10.0. The number of nitro benzene ring substituents is 1. The smallest absolute Gasteiger partial charge is 0.282 e. The minimum atomic E-state index is -0.499. The second-order valence-electron chi connectivity index (χ2n) is 5.60. The van der Waals surface area contributed by atoms with Crippen molar-refractivity contribution in [2.75, 3.05) is 11.9 Å². The van der Waals surface area contributed by atoms with Crippen molar-refractivity contribution in [3.8, 4) is 0 Å². The van der Waals surface area contributed by atoms with E-state index in [1.807, 2.05) is 11.9 Å². The molecule has 0 aliphatic rings. The second kappa shape index (κ2) is 6.50. The molecule has 1 aromatic rings. The van der Waals surface area contributed by atoms with E-state index in [1.165, 1.54) is 19.1 Å². The highest BCUT2D eigenvalue weighted by Gasteiger charge is 2.20. The molecule has 5 heteroatoms. The van der Waals surface area contributed by atoms with Gasteiger partial charge in [0.25, 0.3) is 5.69 Å². The minimum absolute atomic E-state index is 0.126. The first-order valence-electron chi connectivity index (χ1n) is 6.76. The molecule has 5 nitrogen and oxygen atoms in total. The number of hydrogen-bond acceptors (Lipinski definition) is 4. The summed E-state index contributed by atoms with van der Waals surface area (Å²) in [5.74, 6) is 0.264. The molecule has 0 saturated heterocycles. The van der Waals surface area contributed by atoms with Gasteiger partial charge in [0.2, 0.25) is 0 Å². The summed E-state index contributed by atoms with van der Waals surface area (Å²) in [6.07, 6.45) is 0.999. The van der Waals surface area contributed by atoms with Gasteiger partial charge in [-0.2, -0.15) is 0 Å². The van der Waals surface area contributed by atoms with Crippen molar-refractivity contribution in [2.24, 2.45) is 5.92 Å². The van der Waals surface area contributed by atoms with Crippen LogP contribution in [0.4, 0.5) is 11.4 Å². The summed E-state index contributed by atoms with van der Waals surface area (Å²) < 4.78 is 0. The molecule has 0 fully saturated rings. The van der Waals surface area contributed by atoms with Gasteiger partial charge in [0, 0.05) is 24.8 Å². The van der Waals surface area contributed by atoms with Crippen LogP contribution in [0.5, 0.6) is 0 Å². The Kier molecular flexibility index (Phi) is 5.25. The van der Waals surface area contributed by atoms with Crippen molar-refractivity contribution in [3.63, 3.8) is 0 Å². The number of ketones is 1. The maximum Gasteiger partial charge on any atom is 0.282 e. The maximum atomic E-state index is 11.4. The van der Waals surface area contributed by atoms with Crippen molar-refractivity contribution in [3.05, 3.63) is 33.9 Å². The van der Waals surface area contributed by atoms with Crippen LogP contribution in [0.2, 0.25) is 0 Å². The van der Waals surface area contributed by atoms with E-state index in [0.717, 1.165) is 12.1 Å². The van der Waals surface area contributed by atoms with Gasteiger partial charge in [-0.1, -0.05) is 13.8 Å². The predicted octanol–water partition coefficient (Wildman–Crippen LogP) is 3.67. The highest BCUT2D eigenvalue weighted by molar-refractivity contribution is 5.98. The molecule has 0 bridgehead atoms. The van der Waals surface area contributed by atoms with Gasteiger partial charge in [0.15, 0.2) is 5.78 Å². The minimum Gasteiger partial charge on any atom is -0.372 e. The number of carbonyl (C=O) groups excluding carboxylic acids is 1. The topological polar surface area (TPSA) is 63.5 Å². The maximum absolute atomic E-state index is 11.4. The number of anilines is 1. The van der Waals surface area contributed by atoms with Crippen LogP contribution >= 0.6 is 0 Å². The summed E-state index contributed by atoms with van der Waals surface area (Å²) in [6.45, 7) is 7.72. The van der Waals surface area contributed by atoms with Gasteiger partial charge in [-0.3, -0.25) is 14.9 Å². The first-order chi connectivity index (χ1) is 9.23. The van der Waals surface area contributed by atoms with E-state index in [4.69, 9.17) is 0 Å². The van der Waals surface area contributed by atoms with E-state index in [-0.39, 0.29) is 23.1 Å². The van der Waals surface area contributed by atoms with Crippen molar-refractivity contribution >= 4 is 17.2 Å². The molecular weight excluding hydrogens is 256 g/mol. The van der Waals surface area contributed by atoms with Crippen LogP contribution in [0.3, 0.4) is 0 Å². The highest BCUT2D eigenvalue weighted by Crippen LogP contribution is 2.27. The summed E-state index contributed by atoms with van der Waals surface area (Å²) in [4.78, 5) is 24.0. The Labute approximate surface area is 119 Å². The molecule has 0 amide bonds. The zero-order valence-corrected chi connectivity index (χ0v) is 12.7. The normalized spacial score (nSPS) is 12.3. The molecule has 0 radical (unpaired) electrons. The van der Waals surface area contributed by atoms with Crippen LogP contribution in [0.25, 0.3) is 0 Å². The van der Waals surface area contributed by atoms with Crippen LogP contribution in [0.15, 0.2) is 18.2 Å². The van der Waals surface area contributed by atoms with E-state index in [2.05, 4.69) is 20.8 Å². The van der Waals surface area contributed by atoms with Crippen molar-refractivity contribution in [1.82, 2.24) is 0 Å². The summed E-state index contributed by atoms with van der Waals surface area (Å²) in [5, 5.41) is 11.1. The number of benzene rings is 1. The number of hydrogen-bond donors (Lipinski definition) is 0. The standard InChI is InChI=1S/C15H22N2O3/c1-10(2)8-11(3)16(5)13-6-7-14(12(4)18)15(9-13)17(19)20/h6-7,9-11H,8H2,1-5H3. The predicted molar refractivity (Wildman–Crippen MR) is 80.4 cm³/mol. The summed E-state index contributed by atoms with van der Waals surface area (Å²) in [5.41, 5.74) is 0.789. The van der Waals surface area contributed by atoms with Gasteiger partial charge in [-0.05, 0) is 38.3 Å². The molecule has 1 aromatic carbocycles. The lowest BCUT2D eigenvalue weighted by molar-refractivity contribution is -0.385. The molecule has 0 aromatic heterocycles. The second-order valence-corrected chi connectivity index (χ2v) is 5.60. The fourth-order valence-corrected chi connectivity index (χ4v) is 2.28. The number of rotatable bonds is 6. The molecule has 0 heterocycles. The highest BCUT2D eigenvalue weighted by atomic mass is 16.6. The molecule has 1 atom stereocenters. The third kappa shape index (κ3) is 3.79. The Bertz CT molecular complexity index is 512. The van der Waals surface area contributed by atoms with E-state index < -0.39 is 4.92 Å². The van der Waals surface area contributed by atoms with E-state index in [1.54, 1.807) is 6.07 Å². The SMILES string of the molecule is CC(=O)c1ccc(N(C)C(C)CC(C)C)cc1[N+](=O)[O-]. The Morgan fingerprint density at radius 1 is 1.35 bits per heavy atom. The average molecular weight is 278 g/mol. The molecule has 0 aliphatic carbocycles. The van der Waals surface area contributed by atoms with Gasteiger partial charge in [-0.25, -0.2) is 0 Å². The van der Waals surface area contributed by atoms with Crippen molar-refractivity contribution < 1.29 is 9.72 Å². The lowest BCUT2D eigenvalue weighted by Crippen LogP contribution is -2.30. The molecule has 20 heavy (non-hydrogen) atoms. The van der Waals surface area contributed by atoms with Crippen molar-refractivity contribution in [1.29, 1.82) is 0 Å². The van der Waals surface area contributed by atoms with E-state index in [0.29, 0.717) is 5.92 Å². The first-order valence-corrected chi connectivity index (χ1v) is 6.76. The van der Waals surface area contributed by atoms with Crippen LogP contribution in [0.1, 0.15) is 44.5 Å².